The molecule has 1 fully saturated rings. The van der Waals surface area contributed by atoms with Crippen molar-refractivity contribution in [2.75, 3.05) is 20.2 Å². The molecule has 0 atom stereocenters. The number of hydrogen-bond acceptors (Lipinski definition) is 4. The van der Waals surface area contributed by atoms with Gasteiger partial charge in [-0.2, -0.15) is 13.2 Å². The molecule has 1 heterocycles. The molecule has 0 aromatic heterocycles. The summed E-state index contributed by atoms with van der Waals surface area (Å²) in [4.78, 5) is 0. The summed E-state index contributed by atoms with van der Waals surface area (Å²) in [6.07, 6.45) is -4.52. The molecule has 0 aliphatic carbocycles. The van der Waals surface area contributed by atoms with Crippen molar-refractivity contribution in [1.29, 1.82) is 0 Å². The number of benzene rings is 1. The third-order valence-electron chi connectivity index (χ3n) is 4.44. The summed E-state index contributed by atoms with van der Waals surface area (Å²) in [5, 5.41) is 2.82. The highest BCUT2D eigenvalue weighted by Crippen LogP contribution is 2.38. The fourth-order valence-corrected chi connectivity index (χ4v) is 2.28. The quantitative estimate of drug-likeness (QED) is 0.658. The van der Waals surface area contributed by atoms with E-state index in [-0.39, 0.29) is 12.4 Å². The topological polar surface area (TPSA) is 39.7 Å². The lowest BCUT2D eigenvalue weighted by atomic mass is 9.78. The Kier molecular flexibility index (Phi) is 5.23. The zero-order valence-corrected chi connectivity index (χ0v) is 14.6. The maximum Gasteiger partial charge on any atom is 0.494 e. The first-order valence-corrected chi connectivity index (χ1v) is 7.82. The van der Waals surface area contributed by atoms with Gasteiger partial charge < -0.3 is 19.4 Å². The summed E-state index contributed by atoms with van der Waals surface area (Å²) in [6.45, 7) is 8.02. The van der Waals surface area contributed by atoms with Crippen LogP contribution in [-0.4, -0.2) is 38.5 Å². The van der Waals surface area contributed by atoms with E-state index in [9.17, 15) is 13.2 Å². The van der Waals surface area contributed by atoms with E-state index < -0.39 is 30.1 Å². The van der Waals surface area contributed by atoms with Crippen LogP contribution >= 0.6 is 0 Å². The predicted molar refractivity (Wildman–Crippen MR) is 86.6 cm³/mol. The van der Waals surface area contributed by atoms with Crippen molar-refractivity contribution >= 4 is 12.6 Å². The van der Waals surface area contributed by atoms with E-state index in [2.05, 4.69) is 5.32 Å². The Morgan fingerprint density at radius 3 is 2.21 bits per heavy atom. The van der Waals surface area contributed by atoms with Gasteiger partial charge in [0.15, 0.2) is 0 Å². The first-order chi connectivity index (χ1) is 11.0. The van der Waals surface area contributed by atoms with Gasteiger partial charge in [-0.25, -0.2) is 0 Å². The van der Waals surface area contributed by atoms with Crippen LogP contribution in [0.15, 0.2) is 18.2 Å². The van der Waals surface area contributed by atoms with Gasteiger partial charge in [-0.1, -0.05) is 6.07 Å². The molecule has 1 aliphatic heterocycles. The van der Waals surface area contributed by atoms with E-state index in [0.29, 0.717) is 12.0 Å². The van der Waals surface area contributed by atoms with Gasteiger partial charge in [0.05, 0.1) is 16.8 Å². The van der Waals surface area contributed by atoms with E-state index in [1.807, 2.05) is 27.7 Å². The fourth-order valence-electron chi connectivity index (χ4n) is 2.28. The normalized spacial score (nSPS) is 19.6. The molecular weight excluding hydrogens is 322 g/mol. The molecule has 1 N–H and O–H groups in total. The summed E-state index contributed by atoms with van der Waals surface area (Å²) >= 11 is 0. The molecule has 1 saturated heterocycles. The maximum atomic E-state index is 13.4. The van der Waals surface area contributed by atoms with Gasteiger partial charge in [0.25, 0.3) is 0 Å². The number of ether oxygens (including phenoxy) is 1. The minimum atomic E-state index is -4.52. The lowest BCUT2D eigenvalue weighted by Gasteiger charge is -2.32. The highest BCUT2D eigenvalue weighted by atomic mass is 19.4. The second kappa shape index (κ2) is 6.57. The molecule has 1 aromatic carbocycles. The second-order valence-electron chi connectivity index (χ2n) is 6.79. The maximum absolute atomic E-state index is 13.4. The second-order valence-corrected chi connectivity index (χ2v) is 6.79. The largest absolute Gasteiger partial charge is 0.494 e. The Bertz CT molecular complexity index is 574. The third kappa shape index (κ3) is 3.87. The van der Waals surface area contributed by atoms with Crippen molar-refractivity contribution in [2.24, 2.45) is 0 Å². The first kappa shape index (κ1) is 19.1. The van der Waals surface area contributed by atoms with Gasteiger partial charge in [-0.3, -0.25) is 0 Å². The summed E-state index contributed by atoms with van der Waals surface area (Å²) in [5.74, 6) is -0.196. The smallest absolute Gasteiger partial charge is 0.492 e. The van der Waals surface area contributed by atoms with E-state index in [1.165, 1.54) is 6.07 Å². The van der Waals surface area contributed by atoms with Crippen molar-refractivity contribution < 1.29 is 27.2 Å². The molecule has 0 bridgehead atoms. The Morgan fingerprint density at radius 1 is 1.12 bits per heavy atom. The van der Waals surface area contributed by atoms with Gasteiger partial charge >= 0.3 is 13.3 Å². The lowest BCUT2D eigenvalue weighted by molar-refractivity contribution is -0.138. The van der Waals surface area contributed by atoms with E-state index in [1.54, 1.807) is 13.1 Å². The van der Waals surface area contributed by atoms with Gasteiger partial charge in [0, 0.05) is 6.54 Å². The van der Waals surface area contributed by atoms with Gasteiger partial charge in [-0.05, 0) is 52.3 Å². The lowest BCUT2D eigenvalue weighted by Crippen LogP contribution is -2.41. The van der Waals surface area contributed by atoms with E-state index >= 15 is 0 Å². The zero-order chi connectivity index (χ0) is 18.2. The van der Waals surface area contributed by atoms with Crippen molar-refractivity contribution in [1.82, 2.24) is 5.32 Å². The summed E-state index contributed by atoms with van der Waals surface area (Å²) in [6, 6.07) is 3.90. The van der Waals surface area contributed by atoms with Crippen molar-refractivity contribution in [2.45, 2.75) is 45.1 Å². The van der Waals surface area contributed by atoms with Crippen LogP contribution in [0.1, 0.15) is 33.3 Å². The fraction of sp³-hybridized carbons (Fsp3) is 0.625. The summed E-state index contributed by atoms with van der Waals surface area (Å²) in [7, 11) is 0.859. The van der Waals surface area contributed by atoms with Crippen LogP contribution in [0.3, 0.4) is 0 Å². The van der Waals surface area contributed by atoms with Crippen LogP contribution in [0.4, 0.5) is 13.2 Å². The molecule has 0 spiro atoms. The number of alkyl halides is 3. The molecule has 0 amide bonds. The molecule has 0 saturated carbocycles. The van der Waals surface area contributed by atoms with Gasteiger partial charge in [0.2, 0.25) is 0 Å². The van der Waals surface area contributed by atoms with Gasteiger partial charge in [-0.15, -0.1) is 0 Å². The summed E-state index contributed by atoms with van der Waals surface area (Å²) < 4.78 is 56.9. The molecule has 134 valence electrons. The Labute approximate surface area is 140 Å². The standard InChI is InChI=1S/C16H23BF3NO3/c1-14(2)15(3,4)24-17(23-14)11-6-7-13(22-9-8-21-5)12(10-11)16(18,19)20/h6-7,10,21H,8-9H2,1-5H3. The van der Waals surface area contributed by atoms with Crippen LogP contribution in [0.25, 0.3) is 0 Å². The minimum Gasteiger partial charge on any atom is -0.492 e. The van der Waals surface area contributed by atoms with Crippen molar-refractivity contribution in [3.63, 3.8) is 0 Å². The number of nitrogens with one attached hydrogen (secondary N) is 1. The van der Waals surface area contributed by atoms with Crippen molar-refractivity contribution in [3.05, 3.63) is 23.8 Å². The molecule has 24 heavy (non-hydrogen) atoms. The number of hydrogen-bond donors (Lipinski definition) is 1. The van der Waals surface area contributed by atoms with Crippen molar-refractivity contribution in [3.8, 4) is 5.75 Å². The van der Waals surface area contributed by atoms with Crippen LogP contribution < -0.4 is 15.5 Å². The van der Waals surface area contributed by atoms with Crippen LogP contribution in [0, 0.1) is 0 Å². The third-order valence-corrected chi connectivity index (χ3v) is 4.44. The van der Waals surface area contributed by atoms with Crippen LogP contribution in [0.5, 0.6) is 5.75 Å². The molecule has 0 radical (unpaired) electrons. The molecule has 1 aromatic rings. The number of likely N-dealkylation sites (N-methyl/N-ethyl adjacent to an activating group) is 1. The number of halogens is 3. The van der Waals surface area contributed by atoms with E-state index in [4.69, 9.17) is 14.0 Å². The molecule has 8 heteroatoms. The minimum absolute atomic E-state index is 0.148. The summed E-state index contributed by atoms with van der Waals surface area (Å²) in [5.41, 5.74) is -1.73. The first-order valence-electron chi connectivity index (χ1n) is 7.82. The molecule has 4 nitrogen and oxygen atoms in total. The molecule has 0 unspecified atom stereocenters. The molecular formula is C16H23BF3NO3. The number of rotatable bonds is 5. The molecule has 2 rings (SSSR count). The van der Waals surface area contributed by atoms with Crippen LogP contribution in [0.2, 0.25) is 0 Å². The Hall–Kier alpha value is -1.25. The highest BCUT2D eigenvalue weighted by molar-refractivity contribution is 6.62. The zero-order valence-electron chi connectivity index (χ0n) is 14.6. The van der Waals surface area contributed by atoms with Crippen LogP contribution in [-0.2, 0) is 15.5 Å². The van der Waals surface area contributed by atoms with E-state index in [0.717, 1.165) is 6.07 Å². The average Bonchev–Trinajstić information content (AvgIpc) is 2.67. The predicted octanol–water partition coefficient (Wildman–Crippen LogP) is 2.60. The monoisotopic (exact) mass is 345 g/mol. The van der Waals surface area contributed by atoms with Gasteiger partial charge in [0.1, 0.15) is 12.4 Å². The average molecular weight is 345 g/mol. The molecule has 1 aliphatic rings. The highest BCUT2D eigenvalue weighted by Gasteiger charge is 2.52. The Balaban J connectivity index is 2.30. The SMILES string of the molecule is CNCCOc1ccc(B2OC(C)(C)C(C)(C)O2)cc1C(F)(F)F. The Morgan fingerprint density at radius 2 is 1.71 bits per heavy atom.